The first kappa shape index (κ1) is 16.7. The summed E-state index contributed by atoms with van der Waals surface area (Å²) in [5, 5.41) is 11.7. The smallest absolute Gasteiger partial charge is 0.146 e. The van der Waals surface area contributed by atoms with E-state index in [2.05, 4.69) is 78.9 Å². The molecule has 0 atom stereocenters. The molecule has 130 valence electrons. The Labute approximate surface area is 157 Å². The lowest BCUT2D eigenvalue weighted by molar-refractivity contribution is 0.785. The molecule has 4 nitrogen and oxygen atoms in total. The van der Waals surface area contributed by atoms with Gasteiger partial charge in [0.05, 0.1) is 17.1 Å². The van der Waals surface area contributed by atoms with Crippen LogP contribution < -0.4 is 0 Å². The van der Waals surface area contributed by atoms with Gasteiger partial charge in [-0.15, -0.1) is 16.4 Å². The Morgan fingerprint density at radius 3 is 2.35 bits per heavy atom. The molecular weight excluding hydrogens is 340 g/mol. The van der Waals surface area contributed by atoms with E-state index in [4.69, 9.17) is 4.98 Å². The molecule has 4 rings (SSSR count). The Balaban J connectivity index is 1.71. The number of hydrogen-bond donors (Lipinski definition) is 0. The molecule has 0 saturated carbocycles. The largest absolute Gasteiger partial charge is 0.234 e. The molecular formula is C21H20N4S. The summed E-state index contributed by atoms with van der Waals surface area (Å²) < 4.78 is 1.87. The average molecular weight is 360 g/mol. The van der Waals surface area contributed by atoms with Gasteiger partial charge in [-0.1, -0.05) is 46.7 Å². The number of nitrogens with zero attached hydrogens (tertiary/aromatic N) is 4. The second-order valence-electron chi connectivity index (χ2n) is 6.63. The molecule has 0 spiro atoms. The summed E-state index contributed by atoms with van der Waals surface area (Å²) in [6.45, 7) is 8.34. The van der Waals surface area contributed by atoms with E-state index in [0.29, 0.717) is 0 Å². The van der Waals surface area contributed by atoms with Gasteiger partial charge in [0.25, 0.3) is 0 Å². The Morgan fingerprint density at radius 1 is 0.885 bits per heavy atom. The van der Waals surface area contributed by atoms with Gasteiger partial charge in [0.1, 0.15) is 10.7 Å². The van der Waals surface area contributed by atoms with Gasteiger partial charge in [-0.2, -0.15) is 0 Å². The Bertz CT molecular complexity index is 1070. The summed E-state index contributed by atoms with van der Waals surface area (Å²) in [4.78, 5) is 4.83. The van der Waals surface area contributed by atoms with Crippen LogP contribution in [0, 0.1) is 27.7 Å². The van der Waals surface area contributed by atoms with Crippen molar-refractivity contribution in [2.45, 2.75) is 27.7 Å². The predicted molar refractivity (Wildman–Crippen MR) is 107 cm³/mol. The van der Waals surface area contributed by atoms with Crippen LogP contribution in [0.25, 0.3) is 27.6 Å². The molecule has 4 aromatic rings. The van der Waals surface area contributed by atoms with Gasteiger partial charge in [-0.05, 0) is 45.4 Å². The van der Waals surface area contributed by atoms with Crippen molar-refractivity contribution in [3.05, 3.63) is 70.2 Å². The molecule has 0 aliphatic rings. The molecule has 2 aromatic carbocycles. The fourth-order valence-corrected chi connectivity index (χ4v) is 3.92. The van der Waals surface area contributed by atoms with Gasteiger partial charge in [-0.25, -0.2) is 9.67 Å². The highest BCUT2D eigenvalue weighted by Gasteiger charge is 2.16. The number of benzene rings is 2. The van der Waals surface area contributed by atoms with Gasteiger partial charge in [0.2, 0.25) is 0 Å². The lowest BCUT2D eigenvalue weighted by Gasteiger charge is -2.04. The number of aryl methyl sites for hydroxylation is 3. The van der Waals surface area contributed by atoms with Crippen LogP contribution in [0.4, 0.5) is 0 Å². The molecule has 0 unspecified atom stereocenters. The fourth-order valence-electron chi connectivity index (χ4n) is 3.07. The van der Waals surface area contributed by atoms with Crippen molar-refractivity contribution >= 4 is 11.3 Å². The standard InChI is InChI=1S/C21H20N4S/c1-13-5-8-17(9-6-13)25-16(4)20(23-24-25)21-22-19(12-26-21)18-10-7-14(2)11-15(18)3/h5-12H,1-4H3. The monoisotopic (exact) mass is 360 g/mol. The predicted octanol–water partition coefficient (Wildman–Crippen LogP) is 5.29. The van der Waals surface area contributed by atoms with Crippen LogP contribution in [0.15, 0.2) is 47.8 Å². The van der Waals surface area contributed by atoms with E-state index < -0.39 is 0 Å². The second kappa shape index (κ2) is 6.50. The van der Waals surface area contributed by atoms with Gasteiger partial charge in [-0.3, -0.25) is 0 Å². The minimum atomic E-state index is 0.839. The number of hydrogen-bond acceptors (Lipinski definition) is 4. The van der Waals surface area contributed by atoms with E-state index >= 15 is 0 Å². The lowest BCUT2D eigenvalue weighted by atomic mass is 10.0. The van der Waals surface area contributed by atoms with Crippen LogP contribution in [0.3, 0.4) is 0 Å². The maximum Gasteiger partial charge on any atom is 0.146 e. The summed E-state index contributed by atoms with van der Waals surface area (Å²) in [5.41, 5.74) is 8.73. The van der Waals surface area contributed by atoms with Crippen molar-refractivity contribution in [1.82, 2.24) is 20.0 Å². The third-order valence-electron chi connectivity index (χ3n) is 4.54. The summed E-state index contributed by atoms with van der Waals surface area (Å²) >= 11 is 1.61. The Morgan fingerprint density at radius 2 is 1.62 bits per heavy atom. The summed E-state index contributed by atoms with van der Waals surface area (Å²) in [6.07, 6.45) is 0. The quantitative estimate of drug-likeness (QED) is 0.498. The maximum atomic E-state index is 4.83. The van der Waals surface area contributed by atoms with E-state index in [0.717, 1.165) is 27.8 Å². The van der Waals surface area contributed by atoms with Crippen molar-refractivity contribution in [3.63, 3.8) is 0 Å². The van der Waals surface area contributed by atoms with Crippen LogP contribution in [0.1, 0.15) is 22.4 Å². The van der Waals surface area contributed by atoms with E-state index in [1.54, 1.807) is 11.3 Å². The molecule has 0 N–H and O–H groups in total. The average Bonchev–Trinajstić information content (AvgIpc) is 3.22. The molecule has 0 saturated heterocycles. The Kier molecular flexibility index (Phi) is 4.17. The molecule has 0 bridgehead atoms. The lowest BCUT2D eigenvalue weighted by Crippen LogP contribution is -1.98. The zero-order chi connectivity index (χ0) is 18.3. The first-order valence-electron chi connectivity index (χ1n) is 8.56. The van der Waals surface area contributed by atoms with Crippen LogP contribution in [-0.2, 0) is 0 Å². The van der Waals surface area contributed by atoms with Crippen LogP contribution in [0.5, 0.6) is 0 Å². The maximum absolute atomic E-state index is 4.83. The topological polar surface area (TPSA) is 43.6 Å². The van der Waals surface area contributed by atoms with Crippen molar-refractivity contribution < 1.29 is 0 Å². The molecule has 0 radical (unpaired) electrons. The highest BCUT2D eigenvalue weighted by Crippen LogP contribution is 2.31. The third-order valence-corrected chi connectivity index (χ3v) is 5.39. The molecule has 0 aliphatic carbocycles. The normalized spacial score (nSPS) is 11.1. The fraction of sp³-hybridized carbons (Fsp3) is 0.190. The van der Waals surface area contributed by atoms with E-state index in [9.17, 15) is 0 Å². The highest BCUT2D eigenvalue weighted by atomic mass is 32.1. The van der Waals surface area contributed by atoms with Crippen LogP contribution >= 0.6 is 11.3 Å². The van der Waals surface area contributed by atoms with Crippen molar-refractivity contribution in [1.29, 1.82) is 0 Å². The summed E-state index contributed by atoms with van der Waals surface area (Å²) in [5.74, 6) is 0. The molecule has 26 heavy (non-hydrogen) atoms. The second-order valence-corrected chi connectivity index (χ2v) is 7.49. The van der Waals surface area contributed by atoms with Gasteiger partial charge in [0.15, 0.2) is 0 Å². The van der Waals surface area contributed by atoms with Gasteiger partial charge in [0, 0.05) is 10.9 Å². The van der Waals surface area contributed by atoms with Gasteiger partial charge < -0.3 is 0 Å². The van der Waals surface area contributed by atoms with Gasteiger partial charge >= 0.3 is 0 Å². The zero-order valence-electron chi connectivity index (χ0n) is 15.3. The molecule has 5 heteroatoms. The van der Waals surface area contributed by atoms with E-state index in [1.165, 1.54) is 22.3 Å². The first-order valence-corrected chi connectivity index (χ1v) is 9.44. The summed E-state index contributed by atoms with van der Waals surface area (Å²) in [6, 6.07) is 14.7. The van der Waals surface area contributed by atoms with E-state index in [-0.39, 0.29) is 0 Å². The number of aromatic nitrogens is 4. The molecule has 0 amide bonds. The molecule has 2 aromatic heterocycles. The van der Waals surface area contributed by atoms with Crippen LogP contribution in [0.2, 0.25) is 0 Å². The van der Waals surface area contributed by atoms with E-state index in [1.807, 2.05) is 11.6 Å². The van der Waals surface area contributed by atoms with Crippen molar-refractivity contribution in [2.24, 2.45) is 0 Å². The highest BCUT2D eigenvalue weighted by molar-refractivity contribution is 7.13. The minimum absolute atomic E-state index is 0.839. The SMILES string of the molecule is Cc1ccc(-n2nnc(-c3nc(-c4ccc(C)cc4C)cs3)c2C)cc1. The molecule has 0 fully saturated rings. The van der Waals surface area contributed by atoms with Crippen molar-refractivity contribution in [2.75, 3.05) is 0 Å². The minimum Gasteiger partial charge on any atom is -0.234 e. The number of thiazole rings is 1. The third kappa shape index (κ3) is 2.95. The van der Waals surface area contributed by atoms with Crippen molar-refractivity contribution in [3.8, 4) is 27.6 Å². The first-order chi connectivity index (χ1) is 12.5. The zero-order valence-corrected chi connectivity index (χ0v) is 16.1. The number of rotatable bonds is 3. The molecule has 2 heterocycles. The van der Waals surface area contributed by atoms with Crippen LogP contribution in [-0.4, -0.2) is 20.0 Å². The molecule has 0 aliphatic heterocycles. The summed E-state index contributed by atoms with van der Waals surface area (Å²) in [7, 11) is 0. The Hall–Kier alpha value is -2.79.